The lowest BCUT2D eigenvalue weighted by molar-refractivity contribution is -0.143. The molecule has 3 atom stereocenters. The molecule has 5 rings (SSSR count). The zero-order valence-corrected chi connectivity index (χ0v) is 24.3. The maximum absolute atomic E-state index is 14.0. The number of dihydropyridines is 1. The van der Waals surface area contributed by atoms with E-state index in [0.29, 0.717) is 35.2 Å². The molecule has 2 unspecified atom stereocenters. The van der Waals surface area contributed by atoms with Gasteiger partial charge in [-0.05, 0) is 80.0 Å². The number of aryl methyl sites for hydroxylation is 3. The Morgan fingerprint density at radius 2 is 1.68 bits per heavy atom. The Kier molecular flexibility index (Phi) is 8.13. The summed E-state index contributed by atoms with van der Waals surface area (Å²) in [4.78, 5) is 27.7. The molecule has 0 bridgehead atoms. The van der Waals surface area contributed by atoms with Crippen molar-refractivity contribution in [2.75, 3.05) is 13.7 Å². The molecule has 0 spiro atoms. The molecular weight excluding hydrogens is 514 g/mol. The van der Waals surface area contributed by atoms with Crippen LogP contribution in [0.1, 0.15) is 71.1 Å². The van der Waals surface area contributed by atoms with Crippen LogP contribution in [0.2, 0.25) is 0 Å². The quantitative estimate of drug-likeness (QED) is 0.322. The lowest BCUT2D eigenvalue weighted by Crippen LogP contribution is -2.36. The van der Waals surface area contributed by atoms with Gasteiger partial charge in [0, 0.05) is 36.4 Å². The van der Waals surface area contributed by atoms with E-state index in [0.717, 1.165) is 11.3 Å². The molecule has 1 aliphatic heterocycles. The van der Waals surface area contributed by atoms with Gasteiger partial charge < -0.3 is 19.9 Å². The summed E-state index contributed by atoms with van der Waals surface area (Å²) in [6.45, 7) is 8.17. The van der Waals surface area contributed by atoms with Crippen molar-refractivity contribution < 1.29 is 24.2 Å². The first-order valence-electron chi connectivity index (χ1n) is 14.0. The molecule has 0 saturated carbocycles. The first kappa shape index (κ1) is 28.4. The molecule has 0 radical (unpaired) electrons. The van der Waals surface area contributed by atoms with E-state index in [4.69, 9.17) is 9.47 Å². The van der Waals surface area contributed by atoms with Gasteiger partial charge in [0.05, 0.1) is 5.57 Å². The summed E-state index contributed by atoms with van der Waals surface area (Å²) >= 11 is 0. The number of phenolic OH excluding ortho intramolecular Hbond substituents is 1. The third-order valence-corrected chi connectivity index (χ3v) is 8.22. The first-order valence-corrected chi connectivity index (χ1v) is 14.0. The smallest absolute Gasteiger partial charge is 0.336 e. The number of rotatable bonds is 7. The maximum Gasteiger partial charge on any atom is 0.336 e. The topological polar surface area (TPSA) is 84.9 Å². The number of methoxy groups -OCH3 is 1. The average Bonchev–Trinajstić information content (AvgIpc) is 2.92. The van der Waals surface area contributed by atoms with Crippen molar-refractivity contribution in [1.82, 2.24) is 5.32 Å². The third-order valence-electron chi connectivity index (χ3n) is 8.22. The van der Waals surface area contributed by atoms with E-state index in [1.807, 2.05) is 43.3 Å². The molecule has 3 aromatic rings. The van der Waals surface area contributed by atoms with Gasteiger partial charge in [0.2, 0.25) is 0 Å². The van der Waals surface area contributed by atoms with Crippen molar-refractivity contribution in [2.45, 2.75) is 58.5 Å². The fraction of sp³-hybridized carbons (Fsp3) is 0.314. The molecule has 1 heterocycles. The van der Waals surface area contributed by atoms with Gasteiger partial charge in [0.25, 0.3) is 0 Å². The molecule has 6 nitrogen and oxygen atoms in total. The summed E-state index contributed by atoms with van der Waals surface area (Å²) in [6.07, 6.45) is 0.576. The molecular formula is C35H37NO5. The number of esters is 1. The number of ketones is 1. The van der Waals surface area contributed by atoms with Crippen molar-refractivity contribution in [2.24, 2.45) is 0 Å². The van der Waals surface area contributed by atoms with E-state index in [2.05, 4.69) is 38.2 Å². The number of hydrogen-bond acceptors (Lipinski definition) is 6. The molecule has 212 valence electrons. The van der Waals surface area contributed by atoms with Gasteiger partial charge in [-0.1, -0.05) is 60.2 Å². The predicted octanol–water partition coefficient (Wildman–Crippen LogP) is 6.61. The van der Waals surface area contributed by atoms with Crippen molar-refractivity contribution in [1.29, 1.82) is 0 Å². The second kappa shape index (κ2) is 11.8. The fourth-order valence-electron chi connectivity index (χ4n) is 6.58. The van der Waals surface area contributed by atoms with Gasteiger partial charge in [-0.15, -0.1) is 0 Å². The Morgan fingerprint density at radius 1 is 0.976 bits per heavy atom. The summed E-state index contributed by atoms with van der Waals surface area (Å²) in [6, 6.07) is 20.7. The summed E-state index contributed by atoms with van der Waals surface area (Å²) in [7, 11) is 1.58. The number of hydrogen-bond donors (Lipinski definition) is 2. The highest BCUT2D eigenvalue weighted by Gasteiger charge is 2.42. The molecule has 3 aromatic carbocycles. The number of allylic oxidation sites excluding steroid dienone is 3. The SMILES string of the molecule is CO[C@H](COC(=O)C1=C(C)NC2=C(C(=O)CC(c3c(C)cc(C)cc3C)C2)C1c1cccc(O)c1)c1ccccc1. The number of ether oxygens (including phenoxy) is 2. The van der Waals surface area contributed by atoms with Gasteiger partial charge >= 0.3 is 5.97 Å². The summed E-state index contributed by atoms with van der Waals surface area (Å²) in [5.74, 6) is -1.07. The highest BCUT2D eigenvalue weighted by atomic mass is 16.6. The highest BCUT2D eigenvalue weighted by molar-refractivity contribution is 6.04. The van der Waals surface area contributed by atoms with Gasteiger partial charge in [0.15, 0.2) is 5.78 Å². The Balaban J connectivity index is 1.50. The maximum atomic E-state index is 14.0. The van der Waals surface area contributed by atoms with Crippen molar-refractivity contribution in [3.05, 3.63) is 123 Å². The number of Topliss-reactive ketones (excluding diaryl/α,β-unsaturated/α-hetero) is 1. The van der Waals surface area contributed by atoms with E-state index < -0.39 is 18.0 Å². The van der Waals surface area contributed by atoms with Gasteiger partial charge in [0.1, 0.15) is 18.5 Å². The van der Waals surface area contributed by atoms with Crippen LogP contribution in [0, 0.1) is 20.8 Å². The van der Waals surface area contributed by atoms with Crippen LogP contribution in [0.15, 0.2) is 89.3 Å². The third kappa shape index (κ3) is 5.70. The summed E-state index contributed by atoms with van der Waals surface area (Å²) in [5, 5.41) is 13.8. The molecule has 0 amide bonds. The largest absolute Gasteiger partial charge is 0.508 e. The van der Waals surface area contributed by atoms with Gasteiger partial charge in [-0.3, -0.25) is 4.79 Å². The fourth-order valence-corrected chi connectivity index (χ4v) is 6.58. The monoisotopic (exact) mass is 551 g/mol. The minimum absolute atomic E-state index is 0.00618. The first-order chi connectivity index (χ1) is 19.7. The Hall–Kier alpha value is -4.16. The molecule has 41 heavy (non-hydrogen) atoms. The minimum atomic E-state index is -0.655. The molecule has 1 aliphatic carbocycles. The van der Waals surface area contributed by atoms with Crippen LogP contribution in [0.5, 0.6) is 5.75 Å². The van der Waals surface area contributed by atoms with Crippen LogP contribution in [0.25, 0.3) is 0 Å². The minimum Gasteiger partial charge on any atom is -0.508 e. The molecule has 0 fully saturated rings. The zero-order chi connectivity index (χ0) is 29.3. The average molecular weight is 552 g/mol. The molecule has 2 aliphatic rings. The number of carbonyl (C=O) groups excluding carboxylic acids is 2. The van der Waals surface area contributed by atoms with Crippen LogP contribution in [0.3, 0.4) is 0 Å². The lowest BCUT2D eigenvalue weighted by atomic mass is 9.70. The number of aromatic hydroxyl groups is 1. The predicted molar refractivity (Wildman–Crippen MR) is 158 cm³/mol. The summed E-state index contributed by atoms with van der Waals surface area (Å²) < 4.78 is 11.4. The second-order valence-corrected chi connectivity index (χ2v) is 11.2. The van der Waals surface area contributed by atoms with Gasteiger partial charge in [-0.2, -0.15) is 0 Å². The van der Waals surface area contributed by atoms with E-state index in [-0.39, 0.29) is 24.1 Å². The van der Waals surface area contributed by atoms with E-state index in [9.17, 15) is 14.7 Å². The number of carbonyl (C=O) groups is 2. The van der Waals surface area contributed by atoms with Crippen molar-refractivity contribution in [3.8, 4) is 5.75 Å². The van der Waals surface area contributed by atoms with Crippen LogP contribution in [-0.4, -0.2) is 30.6 Å². The van der Waals surface area contributed by atoms with Crippen LogP contribution in [-0.2, 0) is 19.1 Å². The standard InChI is InChI=1S/C35H37NO5/c1-20-14-21(2)31(22(3)15-20)26-17-28-34(29(38)18-26)33(25-12-9-13-27(37)16-25)32(23(4)36-28)35(39)41-19-30(40-5)24-10-7-6-8-11-24/h6-16,26,30,33,36-37H,17-19H2,1-5H3/t26?,30-,33?/m1/s1. The van der Waals surface area contributed by atoms with E-state index in [1.54, 1.807) is 25.3 Å². The number of benzene rings is 3. The molecule has 0 aromatic heterocycles. The van der Waals surface area contributed by atoms with Crippen molar-refractivity contribution >= 4 is 11.8 Å². The van der Waals surface area contributed by atoms with Crippen LogP contribution < -0.4 is 5.32 Å². The molecule has 0 saturated heterocycles. The van der Waals surface area contributed by atoms with Gasteiger partial charge in [-0.25, -0.2) is 4.79 Å². The number of nitrogens with one attached hydrogen (secondary N) is 1. The number of phenols is 1. The Morgan fingerprint density at radius 3 is 2.34 bits per heavy atom. The lowest BCUT2D eigenvalue weighted by Gasteiger charge is -2.37. The highest BCUT2D eigenvalue weighted by Crippen LogP contribution is 2.47. The van der Waals surface area contributed by atoms with E-state index >= 15 is 0 Å². The van der Waals surface area contributed by atoms with Crippen molar-refractivity contribution in [3.63, 3.8) is 0 Å². The summed E-state index contributed by atoms with van der Waals surface area (Å²) in [5.41, 5.74) is 8.77. The second-order valence-electron chi connectivity index (χ2n) is 11.2. The normalized spacial score (nSPS) is 19.5. The Bertz CT molecular complexity index is 1530. The van der Waals surface area contributed by atoms with Crippen LogP contribution >= 0.6 is 0 Å². The zero-order valence-electron chi connectivity index (χ0n) is 24.3. The molecule has 6 heteroatoms. The van der Waals surface area contributed by atoms with E-state index in [1.165, 1.54) is 22.3 Å². The van der Waals surface area contributed by atoms with Crippen LogP contribution in [0.4, 0.5) is 0 Å². The molecule has 2 N–H and O–H groups in total. The Labute approximate surface area is 241 Å².